The molecule has 0 aromatic carbocycles. The molecule has 0 aliphatic rings. The smallest absolute Gasteiger partial charge is 0.142 e. The molecule has 1 aromatic rings. The normalized spacial score (nSPS) is 10.4. The zero-order valence-corrected chi connectivity index (χ0v) is 8.59. The number of nitrogens with one attached hydrogen (secondary N) is 1. The lowest BCUT2D eigenvalue weighted by Gasteiger charge is -2.04. The summed E-state index contributed by atoms with van der Waals surface area (Å²) in [6.45, 7) is 4.98. The first-order chi connectivity index (χ1) is 6.30. The van der Waals surface area contributed by atoms with E-state index in [0.717, 1.165) is 36.6 Å². The Morgan fingerprint density at radius 1 is 1.15 bits per heavy atom. The van der Waals surface area contributed by atoms with Crippen LogP contribution >= 0.6 is 0 Å². The van der Waals surface area contributed by atoms with Gasteiger partial charge in [0, 0.05) is 11.4 Å². The van der Waals surface area contributed by atoms with Crippen molar-refractivity contribution in [2.45, 2.75) is 33.2 Å². The van der Waals surface area contributed by atoms with Gasteiger partial charge in [-0.2, -0.15) is 0 Å². The summed E-state index contributed by atoms with van der Waals surface area (Å²) in [5.41, 5.74) is 2.27. The van der Waals surface area contributed by atoms with Crippen LogP contribution in [0.5, 0.6) is 0 Å². The predicted octanol–water partition coefficient (Wildman–Crippen LogP) is 1.32. The van der Waals surface area contributed by atoms with Gasteiger partial charge in [0.15, 0.2) is 0 Å². The second-order valence-corrected chi connectivity index (χ2v) is 3.00. The van der Waals surface area contributed by atoms with Gasteiger partial charge in [-0.15, -0.1) is 0 Å². The van der Waals surface area contributed by atoms with E-state index in [9.17, 15) is 0 Å². The summed E-state index contributed by atoms with van der Waals surface area (Å²) in [6.07, 6.45) is 1.96. The van der Waals surface area contributed by atoms with Crippen molar-refractivity contribution in [2.24, 2.45) is 0 Å². The van der Waals surface area contributed by atoms with E-state index >= 15 is 0 Å². The van der Waals surface area contributed by atoms with Crippen LogP contribution in [-0.4, -0.2) is 17.0 Å². The SMILES string of the molecule is CCc1cc(CC)nc(CNC)n1. The average molecular weight is 179 g/mol. The molecule has 0 saturated heterocycles. The fourth-order valence-electron chi connectivity index (χ4n) is 1.21. The van der Waals surface area contributed by atoms with Gasteiger partial charge in [0.2, 0.25) is 0 Å². The van der Waals surface area contributed by atoms with E-state index in [4.69, 9.17) is 0 Å². The Morgan fingerprint density at radius 3 is 2.08 bits per heavy atom. The maximum absolute atomic E-state index is 4.42. The molecule has 0 aliphatic heterocycles. The van der Waals surface area contributed by atoms with Crippen molar-refractivity contribution >= 4 is 0 Å². The van der Waals surface area contributed by atoms with Crippen molar-refractivity contribution in [1.29, 1.82) is 0 Å². The summed E-state index contributed by atoms with van der Waals surface area (Å²) >= 11 is 0. The van der Waals surface area contributed by atoms with E-state index in [1.807, 2.05) is 7.05 Å². The molecule has 1 aromatic heterocycles. The molecule has 0 amide bonds. The van der Waals surface area contributed by atoms with Crippen LogP contribution in [-0.2, 0) is 19.4 Å². The molecule has 13 heavy (non-hydrogen) atoms. The highest BCUT2D eigenvalue weighted by Crippen LogP contribution is 2.03. The number of nitrogens with zero attached hydrogens (tertiary/aromatic N) is 2. The van der Waals surface area contributed by atoms with Crippen LogP contribution in [0.15, 0.2) is 6.07 Å². The third-order valence-corrected chi connectivity index (χ3v) is 1.94. The lowest BCUT2D eigenvalue weighted by atomic mass is 10.2. The molecule has 1 heterocycles. The Labute approximate surface area is 79.6 Å². The standard InChI is InChI=1S/C10H17N3/c1-4-8-6-9(5-2)13-10(12-8)7-11-3/h6,11H,4-5,7H2,1-3H3. The van der Waals surface area contributed by atoms with Crippen molar-refractivity contribution in [3.05, 3.63) is 23.3 Å². The molecule has 0 unspecified atom stereocenters. The van der Waals surface area contributed by atoms with Crippen LogP contribution < -0.4 is 5.32 Å². The fourth-order valence-corrected chi connectivity index (χ4v) is 1.21. The summed E-state index contributed by atoms with van der Waals surface area (Å²) in [4.78, 5) is 8.83. The Hall–Kier alpha value is -0.960. The minimum atomic E-state index is 0.751. The second kappa shape index (κ2) is 4.92. The highest BCUT2D eigenvalue weighted by molar-refractivity contribution is 5.11. The summed E-state index contributed by atoms with van der Waals surface area (Å²) in [6, 6.07) is 2.08. The van der Waals surface area contributed by atoms with Gasteiger partial charge < -0.3 is 5.32 Å². The Balaban J connectivity index is 2.93. The van der Waals surface area contributed by atoms with Gasteiger partial charge in [-0.05, 0) is 26.0 Å². The Kier molecular flexibility index (Phi) is 3.83. The first-order valence-corrected chi connectivity index (χ1v) is 4.80. The summed E-state index contributed by atoms with van der Waals surface area (Å²) in [7, 11) is 1.91. The topological polar surface area (TPSA) is 37.8 Å². The highest BCUT2D eigenvalue weighted by atomic mass is 15.0. The maximum Gasteiger partial charge on any atom is 0.142 e. The molecule has 0 saturated carbocycles. The molecule has 0 radical (unpaired) electrons. The van der Waals surface area contributed by atoms with Gasteiger partial charge >= 0.3 is 0 Å². The third kappa shape index (κ3) is 2.77. The van der Waals surface area contributed by atoms with E-state index in [1.165, 1.54) is 0 Å². The van der Waals surface area contributed by atoms with Gasteiger partial charge in [0.25, 0.3) is 0 Å². The zero-order chi connectivity index (χ0) is 9.68. The van der Waals surface area contributed by atoms with Crippen molar-refractivity contribution in [2.75, 3.05) is 7.05 Å². The monoisotopic (exact) mass is 179 g/mol. The Morgan fingerprint density at radius 2 is 1.69 bits per heavy atom. The first-order valence-electron chi connectivity index (χ1n) is 4.80. The Bertz CT molecular complexity index is 249. The van der Waals surface area contributed by atoms with Crippen LogP contribution in [0.3, 0.4) is 0 Å². The molecule has 3 heteroatoms. The van der Waals surface area contributed by atoms with E-state index in [2.05, 4.69) is 35.2 Å². The number of aryl methyl sites for hydroxylation is 2. The van der Waals surface area contributed by atoms with Gasteiger partial charge in [-0.25, -0.2) is 9.97 Å². The molecule has 0 aliphatic carbocycles. The fraction of sp³-hybridized carbons (Fsp3) is 0.600. The molecule has 0 spiro atoms. The zero-order valence-electron chi connectivity index (χ0n) is 8.59. The lowest BCUT2D eigenvalue weighted by molar-refractivity contribution is 0.735. The average Bonchev–Trinajstić information content (AvgIpc) is 2.17. The minimum Gasteiger partial charge on any atom is -0.313 e. The number of aromatic nitrogens is 2. The van der Waals surface area contributed by atoms with Crippen LogP contribution in [0.4, 0.5) is 0 Å². The first kappa shape index (κ1) is 10.1. The summed E-state index contributed by atoms with van der Waals surface area (Å²) in [5, 5.41) is 3.06. The maximum atomic E-state index is 4.42. The molecular weight excluding hydrogens is 162 g/mol. The van der Waals surface area contributed by atoms with Gasteiger partial charge in [-0.1, -0.05) is 13.8 Å². The van der Waals surface area contributed by atoms with Crippen LogP contribution in [0, 0.1) is 0 Å². The molecule has 1 rings (SSSR count). The molecule has 0 bridgehead atoms. The largest absolute Gasteiger partial charge is 0.313 e. The van der Waals surface area contributed by atoms with E-state index in [0.29, 0.717) is 0 Å². The molecule has 0 fully saturated rings. The predicted molar refractivity (Wildman–Crippen MR) is 53.6 cm³/mol. The quantitative estimate of drug-likeness (QED) is 0.757. The van der Waals surface area contributed by atoms with Crippen LogP contribution in [0.1, 0.15) is 31.1 Å². The minimum absolute atomic E-state index is 0.751. The number of rotatable bonds is 4. The highest BCUT2D eigenvalue weighted by Gasteiger charge is 2.00. The van der Waals surface area contributed by atoms with Gasteiger partial charge in [-0.3, -0.25) is 0 Å². The molecular formula is C10H17N3. The van der Waals surface area contributed by atoms with E-state index < -0.39 is 0 Å². The van der Waals surface area contributed by atoms with E-state index in [-0.39, 0.29) is 0 Å². The molecule has 0 atom stereocenters. The van der Waals surface area contributed by atoms with Gasteiger partial charge in [0.1, 0.15) is 5.82 Å². The van der Waals surface area contributed by atoms with Crippen molar-refractivity contribution in [3.63, 3.8) is 0 Å². The van der Waals surface area contributed by atoms with E-state index in [1.54, 1.807) is 0 Å². The van der Waals surface area contributed by atoms with Gasteiger partial charge in [0.05, 0.1) is 6.54 Å². The summed E-state index contributed by atoms with van der Waals surface area (Å²) < 4.78 is 0. The molecule has 3 nitrogen and oxygen atoms in total. The molecule has 72 valence electrons. The number of hydrogen-bond donors (Lipinski definition) is 1. The van der Waals surface area contributed by atoms with Crippen LogP contribution in [0.2, 0.25) is 0 Å². The van der Waals surface area contributed by atoms with Crippen LogP contribution in [0.25, 0.3) is 0 Å². The van der Waals surface area contributed by atoms with Crippen molar-refractivity contribution in [1.82, 2.24) is 15.3 Å². The molecule has 1 N–H and O–H groups in total. The second-order valence-electron chi connectivity index (χ2n) is 3.00. The third-order valence-electron chi connectivity index (χ3n) is 1.94. The van der Waals surface area contributed by atoms with Crippen molar-refractivity contribution in [3.8, 4) is 0 Å². The summed E-state index contributed by atoms with van der Waals surface area (Å²) in [5.74, 6) is 0.902. The van der Waals surface area contributed by atoms with Crippen molar-refractivity contribution < 1.29 is 0 Å². The number of hydrogen-bond acceptors (Lipinski definition) is 3. The lowest BCUT2D eigenvalue weighted by Crippen LogP contribution is -2.11.